The first-order valence-corrected chi connectivity index (χ1v) is 8.46. The van der Waals surface area contributed by atoms with Crippen molar-refractivity contribution in [3.8, 4) is 0 Å². The standard InChI is InChI=1S/C17H17ClF2N4O/c1-9(25)11-5-14(23-15(22-11)16(2,19)20)24-8-17(3-4-17)10-7-21-13(18)6-12(10)24/h5-7,9,25H,3-4,8H2,1-2H3. The van der Waals surface area contributed by atoms with Crippen molar-refractivity contribution in [2.24, 2.45) is 0 Å². The van der Waals surface area contributed by atoms with Crippen LogP contribution in [-0.4, -0.2) is 26.6 Å². The number of aliphatic hydroxyl groups excluding tert-OH is 1. The predicted octanol–water partition coefficient (Wildman–Crippen LogP) is 3.87. The van der Waals surface area contributed by atoms with E-state index in [1.165, 1.54) is 6.92 Å². The Hall–Kier alpha value is -1.86. The van der Waals surface area contributed by atoms with Gasteiger partial charge in [-0.15, -0.1) is 0 Å². The van der Waals surface area contributed by atoms with Crippen molar-refractivity contribution >= 4 is 23.1 Å². The summed E-state index contributed by atoms with van der Waals surface area (Å²) in [5.41, 5.74) is 2.06. The molecule has 1 unspecified atom stereocenters. The number of alkyl halides is 2. The van der Waals surface area contributed by atoms with E-state index in [9.17, 15) is 13.9 Å². The maximum Gasteiger partial charge on any atom is 0.303 e. The topological polar surface area (TPSA) is 62.1 Å². The van der Waals surface area contributed by atoms with Crippen LogP contribution in [0.1, 0.15) is 49.9 Å². The van der Waals surface area contributed by atoms with Gasteiger partial charge in [0.05, 0.1) is 17.5 Å². The molecule has 2 aromatic rings. The number of anilines is 2. The van der Waals surface area contributed by atoms with E-state index in [1.807, 2.05) is 4.90 Å². The predicted molar refractivity (Wildman–Crippen MR) is 89.4 cm³/mol. The van der Waals surface area contributed by atoms with Gasteiger partial charge in [-0.3, -0.25) is 0 Å². The lowest BCUT2D eigenvalue weighted by atomic mass is 10.0. The summed E-state index contributed by atoms with van der Waals surface area (Å²) in [4.78, 5) is 13.9. The molecule has 0 aromatic carbocycles. The fourth-order valence-electron chi connectivity index (χ4n) is 3.31. The molecule has 8 heteroatoms. The van der Waals surface area contributed by atoms with Gasteiger partial charge in [-0.1, -0.05) is 11.6 Å². The minimum absolute atomic E-state index is 0.00222. The van der Waals surface area contributed by atoms with E-state index in [0.29, 0.717) is 17.5 Å². The van der Waals surface area contributed by atoms with Crippen molar-refractivity contribution in [2.45, 2.75) is 44.1 Å². The number of nitrogens with zero attached hydrogens (tertiary/aromatic N) is 4. The maximum absolute atomic E-state index is 13.8. The van der Waals surface area contributed by atoms with Crippen molar-refractivity contribution in [2.75, 3.05) is 11.4 Å². The fourth-order valence-corrected chi connectivity index (χ4v) is 3.46. The minimum atomic E-state index is -3.20. The minimum Gasteiger partial charge on any atom is -0.387 e. The first kappa shape index (κ1) is 16.6. The molecule has 4 rings (SSSR count). The number of hydrogen-bond donors (Lipinski definition) is 1. The summed E-state index contributed by atoms with van der Waals surface area (Å²) >= 11 is 6.04. The van der Waals surface area contributed by atoms with Gasteiger partial charge < -0.3 is 10.0 Å². The number of aliphatic hydroxyl groups is 1. The van der Waals surface area contributed by atoms with Gasteiger partial charge in [0.1, 0.15) is 11.0 Å². The third-order valence-electron chi connectivity index (χ3n) is 4.85. The zero-order valence-electron chi connectivity index (χ0n) is 13.8. The first-order chi connectivity index (χ1) is 11.7. The van der Waals surface area contributed by atoms with Crippen LogP contribution < -0.4 is 4.90 Å². The summed E-state index contributed by atoms with van der Waals surface area (Å²) in [6.07, 6.45) is 2.83. The summed E-state index contributed by atoms with van der Waals surface area (Å²) in [5.74, 6) is -3.45. The average molecular weight is 367 g/mol. The van der Waals surface area contributed by atoms with E-state index < -0.39 is 17.9 Å². The quantitative estimate of drug-likeness (QED) is 0.835. The molecule has 0 amide bonds. The number of aromatic nitrogens is 3. The Bertz CT molecular complexity index is 849. The highest BCUT2D eigenvalue weighted by Gasteiger charge is 2.52. The Morgan fingerprint density at radius 3 is 2.64 bits per heavy atom. The number of hydrogen-bond acceptors (Lipinski definition) is 5. The Kier molecular flexibility index (Phi) is 3.53. The molecule has 5 nitrogen and oxygen atoms in total. The Morgan fingerprint density at radius 1 is 1.32 bits per heavy atom. The van der Waals surface area contributed by atoms with Crippen LogP contribution in [0.5, 0.6) is 0 Å². The van der Waals surface area contributed by atoms with E-state index in [-0.39, 0.29) is 11.1 Å². The molecule has 0 saturated heterocycles. The molecule has 1 saturated carbocycles. The Balaban J connectivity index is 1.86. The van der Waals surface area contributed by atoms with Crippen LogP contribution in [0, 0.1) is 0 Å². The van der Waals surface area contributed by atoms with Crippen LogP contribution in [0.2, 0.25) is 5.15 Å². The summed E-state index contributed by atoms with van der Waals surface area (Å²) < 4.78 is 27.7. The second kappa shape index (κ2) is 5.32. The SMILES string of the molecule is CC(O)c1cc(N2CC3(CC3)c3cnc(Cl)cc32)nc(C(C)(F)F)n1. The number of fused-ring (bicyclic) bond motifs is 2. The van der Waals surface area contributed by atoms with Gasteiger partial charge in [0, 0.05) is 36.7 Å². The molecule has 1 aliphatic heterocycles. The Morgan fingerprint density at radius 2 is 2.04 bits per heavy atom. The molecule has 3 heterocycles. The summed E-state index contributed by atoms with van der Waals surface area (Å²) in [6.45, 7) is 2.87. The van der Waals surface area contributed by atoms with Crippen molar-refractivity contribution in [3.63, 3.8) is 0 Å². The van der Waals surface area contributed by atoms with E-state index in [4.69, 9.17) is 11.6 Å². The molecule has 0 bridgehead atoms. The van der Waals surface area contributed by atoms with Crippen molar-refractivity contribution < 1.29 is 13.9 Å². The third-order valence-corrected chi connectivity index (χ3v) is 5.06. The zero-order chi connectivity index (χ0) is 18.0. The highest BCUT2D eigenvalue weighted by Crippen LogP contribution is 2.58. The van der Waals surface area contributed by atoms with E-state index >= 15 is 0 Å². The zero-order valence-corrected chi connectivity index (χ0v) is 14.6. The van der Waals surface area contributed by atoms with Crippen LogP contribution in [0.4, 0.5) is 20.3 Å². The highest BCUT2D eigenvalue weighted by atomic mass is 35.5. The number of pyridine rings is 1. The molecule has 132 valence electrons. The molecule has 1 fully saturated rings. The molecule has 1 aliphatic carbocycles. The summed E-state index contributed by atoms with van der Waals surface area (Å²) in [5, 5.41) is 10.2. The van der Waals surface area contributed by atoms with Gasteiger partial charge >= 0.3 is 5.92 Å². The average Bonchev–Trinajstić information content (AvgIpc) is 3.24. The maximum atomic E-state index is 13.8. The van der Waals surface area contributed by atoms with Crippen molar-refractivity contribution in [1.29, 1.82) is 0 Å². The monoisotopic (exact) mass is 366 g/mol. The molecule has 1 N–H and O–H groups in total. The van der Waals surface area contributed by atoms with Crippen LogP contribution in [-0.2, 0) is 11.3 Å². The van der Waals surface area contributed by atoms with Crippen LogP contribution in [0.25, 0.3) is 0 Å². The van der Waals surface area contributed by atoms with Gasteiger partial charge in [0.15, 0.2) is 0 Å². The van der Waals surface area contributed by atoms with Gasteiger partial charge in [-0.25, -0.2) is 15.0 Å². The third kappa shape index (κ3) is 2.75. The number of halogens is 3. The number of rotatable bonds is 3. The van der Waals surface area contributed by atoms with Gasteiger partial charge in [-0.05, 0) is 25.8 Å². The van der Waals surface area contributed by atoms with Gasteiger partial charge in [0.25, 0.3) is 0 Å². The molecule has 2 aromatic heterocycles. The normalized spacial score (nSPS) is 19.2. The molecule has 1 spiro atoms. The van der Waals surface area contributed by atoms with Crippen LogP contribution >= 0.6 is 11.6 Å². The van der Waals surface area contributed by atoms with E-state index in [0.717, 1.165) is 31.0 Å². The fraction of sp³-hybridized carbons (Fsp3) is 0.471. The van der Waals surface area contributed by atoms with Gasteiger partial charge in [-0.2, -0.15) is 8.78 Å². The van der Waals surface area contributed by atoms with Crippen LogP contribution in [0.15, 0.2) is 18.3 Å². The van der Waals surface area contributed by atoms with Gasteiger partial charge in [0.2, 0.25) is 5.82 Å². The second-order valence-corrected chi connectivity index (χ2v) is 7.32. The molecule has 2 aliphatic rings. The summed E-state index contributed by atoms with van der Waals surface area (Å²) in [7, 11) is 0. The lowest BCUT2D eigenvalue weighted by Crippen LogP contribution is -2.23. The van der Waals surface area contributed by atoms with Crippen LogP contribution in [0.3, 0.4) is 0 Å². The summed E-state index contributed by atoms with van der Waals surface area (Å²) in [6, 6.07) is 3.29. The van der Waals surface area contributed by atoms with Crippen molar-refractivity contribution in [3.05, 3.63) is 40.6 Å². The smallest absolute Gasteiger partial charge is 0.303 e. The molecule has 1 atom stereocenters. The first-order valence-electron chi connectivity index (χ1n) is 8.08. The molecular weight excluding hydrogens is 350 g/mol. The van der Waals surface area contributed by atoms with E-state index in [1.54, 1.807) is 18.3 Å². The van der Waals surface area contributed by atoms with Crippen molar-refractivity contribution in [1.82, 2.24) is 15.0 Å². The molecule has 0 radical (unpaired) electrons. The van der Waals surface area contributed by atoms with E-state index in [2.05, 4.69) is 15.0 Å². The Labute approximate surface area is 148 Å². The molecular formula is C17H17ClF2N4O. The lowest BCUT2D eigenvalue weighted by Gasteiger charge is -2.22. The highest BCUT2D eigenvalue weighted by molar-refractivity contribution is 6.29. The second-order valence-electron chi connectivity index (χ2n) is 6.93. The lowest BCUT2D eigenvalue weighted by molar-refractivity contribution is 0.00711. The largest absolute Gasteiger partial charge is 0.387 e. The molecule has 25 heavy (non-hydrogen) atoms.